The van der Waals surface area contributed by atoms with Crippen LogP contribution in [0.1, 0.15) is 62.6 Å². The van der Waals surface area contributed by atoms with Gasteiger partial charge in [-0.15, -0.1) is 0 Å². The molecule has 1 saturated carbocycles. The Bertz CT molecular complexity index is 437. The predicted octanol–water partition coefficient (Wildman–Crippen LogP) is 3.90. The fourth-order valence-corrected chi connectivity index (χ4v) is 4.31. The summed E-state index contributed by atoms with van der Waals surface area (Å²) in [7, 11) is 0. The quantitative estimate of drug-likeness (QED) is 0.909. The second kappa shape index (κ2) is 6.93. The van der Waals surface area contributed by atoms with Gasteiger partial charge in [0.2, 0.25) is 0 Å². The molecule has 0 aromatic heterocycles. The minimum atomic E-state index is 0.164. The van der Waals surface area contributed by atoms with Gasteiger partial charge in [0, 0.05) is 18.6 Å². The molecule has 21 heavy (non-hydrogen) atoms. The lowest BCUT2D eigenvalue weighted by atomic mass is 9.78. The molecule has 1 aromatic rings. The molecule has 2 nitrogen and oxygen atoms in total. The lowest BCUT2D eigenvalue weighted by Crippen LogP contribution is -2.49. The first-order valence-corrected chi connectivity index (χ1v) is 8.86. The van der Waals surface area contributed by atoms with Crippen LogP contribution in [-0.4, -0.2) is 24.0 Å². The van der Waals surface area contributed by atoms with Crippen LogP contribution in [0.5, 0.6) is 0 Å². The molecule has 1 aliphatic heterocycles. The third-order valence-electron chi connectivity index (χ3n) is 5.61. The van der Waals surface area contributed by atoms with E-state index >= 15 is 0 Å². The van der Waals surface area contributed by atoms with Gasteiger partial charge in [0.1, 0.15) is 0 Å². The van der Waals surface area contributed by atoms with Crippen molar-refractivity contribution in [3.05, 3.63) is 35.4 Å². The number of hydrogen-bond acceptors (Lipinski definition) is 2. The first-order valence-electron chi connectivity index (χ1n) is 8.86. The van der Waals surface area contributed by atoms with Gasteiger partial charge in [0.05, 0.1) is 0 Å². The molecule has 3 rings (SSSR count). The normalized spacial score (nSPS) is 28.1. The Labute approximate surface area is 129 Å². The van der Waals surface area contributed by atoms with Crippen LogP contribution in [0.3, 0.4) is 0 Å². The van der Waals surface area contributed by atoms with Crippen LogP contribution in [0, 0.1) is 5.92 Å². The molecule has 1 heterocycles. The third-order valence-corrected chi connectivity index (χ3v) is 5.61. The van der Waals surface area contributed by atoms with E-state index in [9.17, 15) is 0 Å². The third kappa shape index (κ3) is 3.49. The topological polar surface area (TPSA) is 29.3 Å². The molecule has 1 aromatic carbocycles. The van der Waals surface area contributed by atoms with Crippen LogP contribution in [0.15, 0.2) is 24.3 Å². The number of benzene rings is 1. The summed E-state index contributed by atoms with van der Waals surface area (Å²) < 4.78 is 0. The second-order valence-corrected chi connectivity index (χ2v) is 6.95. The van der Waals surface area contributed by atoms with Gasteiger partial charge in [-0.1, -0.05) is 44.0 Å². The Hall–Kier alpha value is -0.860. The van der Waals surface area contributed by atoms with Crippen LogP contribution < -0.4 is 5.73 Å². The van der Waals surface area contributed by atoms with Gasteiger partial charge in [-0.3, -0.25) is 4.90 Å². The fourth-order valence-electron chi connectivity index (χ4n) is 4.31. The molecule has 2 aliphatic rings. The number of aryl methyl sites for hydroxylation is 1. The van der Waals surface area contributed by atoms with Crippen molar-refractivity contribution < 1.29 is 0 Å². The summed E-state index contributed by atoms with van der Waals surface area (Å²) in [4.78, 5) is 2.70. The van der Waals surface area contributed by atoms with E-state index < -0.39 is 0 Å². The Morgan fingerprint density at radius 3 is 2.57 bits per heavy atom. The van der Waals surface area contributed by atoms with Crippen LogP contribution in [0.2, 0.25) is 0 Å². The molecule has 2 N–H and O–H groups in total. The van der Waals surface area contributed by atoms with Crippen molar-refractivity contribution in [2.75, 3.05) is 13.1 Å². The largest absolute Gasteiger partial charge is 0.323 e. The van der Waals surface area contributed by atoms with Gasteiger partial charge in [0.15, 0.2) is 0 Å². The monoisotopic (exact) mass is 286 g/mol. The number of rotatable bonds is 4. The number of hydrogen-bond donors (Lipinski definition) is 1. The Morgan fingerprint density at radius 2 is 1.81 bits per heavy atom. The second-order valence-electron chi connectivity index (χ2n) is 6.95. The summed E-state index contributed by atoms with van der Waals surface area (Å²) in [5.74, 6) is 0.946. The first kappa shape index (κ1) is 15.1. The summed E-state index contributed by atoms with van der Waals surface area (Å²) in [5, 5.41) is 0. The van der Waals surface area contributed by atoms with Crippen molar-refractivity contribution in [2.24, 2.45) is 11.7 Å². The highest BCUT2D eigenvalue weighted by Crippen LogP contribution is 2.35. The first-order chi connectivity index (χ1) is 10.3. The maximum absolute atomic E-state index is 6.50. The minimum Gasteiger partial charge on any atom is -0.323 e. The molecule has 0 bridgehead atoms. The molecule has 1 aliphatic carbocycles. The molecule has 0 spiro atoms. The van der Waals surface area contributed by atoms with Gasteiger partial charge >= 0.3 is 0 Å². The Morgan fingerprint density at radius 1 is 1.10 bits per heavy atom. The van der Waals surface area contributed by atoms with Gasteiger partial charge < -0.3 is 5.73 Å². The van der Waals surface area contributed by atoms with E-state index in [-0.39, 0.29) is 6.04 Å². The van der Waals surface area contributed by atoms with Crippen molar-refractivity contribution in [1.29, 1.82) is 0 Å². The standard InChI is InChI=1S/C19H30N2/c1-2-15-9-11-16(12-10-15)18(20)14-21-13-5-7-17-6-3-4-8-19(17)21/h9-12,17-19H,2-8,13-14,20H2,1H3. The van der Waals surface area contributed by atoms with E-state index in [4.69, 9.17) is 5.73 Å². The van der Waals surface area contributed by atoms with Crippen molar-refractivity contribution in [1.82, 2.24) is 4.90 Å². The zero-order chi connectivity index (χ0) is 14.7. The average Bonchev–Trinajstić information content (AvgIpc) is 2.55. The van der Waals surface area contributed by atoms with E-state index in [1.165, 1.54) is 56.2 Å². The van der Waals surface area contributed by atoms with Crippen LogP contribution in [0.4, 0.5) is 0 Å². The summed E-state index contributed by atoms with van der Waals surface area (Å²) in [6, 6.07) is 9.89. The molecule has 116 valence electrons. The average molecular weight is 286 g/mol. The SMILES string of the molecule is CCc1ccc(C(N)CN2CCCC3CCCCC32)cc1. The summed E-state index contributed by atoms with van der Waals surface area (Å²) in [5.41, 5.74) is 9.19. The zero-order valence-electron chi connectivity index (χ0n) is 13.4. The van der Waals surface area contributed by atoms with E-state index in [0.717, 1.165) is 24.9 Å². The predicted molar refractivity (Wildman–Crippen MR) is 89.3 cm³/mol. The zero-order valence-corrected chi connectivity index (χ0v) is 13.4. The maximum atomic E-state index is 6.50. The van der Waals surface area contributed by atoms with Gasteiger partial charge in [-0.25, -0.2) is 0 Å². The number of nitrogens with zero attached hydrogens (tertiary/aromatic N) is 1. The summed E-state index contributed by atoms with van der Waals surface area (Å²) in [6.45, 7) is 4.49. The van der Waals surface area contributed by atoms with Gasteiger partial charge in [-0.2, -0.15) is 0 Å². The molecule has 1 saturated heterocycles. The van der Waals surface area contributed by atoms with Crippen molar-refractivity contribution in [2.45, 2.75) is 64.0 Å². The van der Waals surface area contributed by atoms with E-state index in [0.29, 0.717) is 0 Å². The number of nitrogens with two attached hydrogens (primary N) is 1. The van der Waals surface area contributed by atoms with E-state index in [1.807, 2.05) is 0 Å². The molecular formula is C19H30N2. The molecule has 0 amide bonds. The van der Waals surface area contributed by atoms with Crippen molar-refractivity contribution in [3.63, 3.8) is 0 Å². The van der Waals surface area contributed by atoms with Crippen molar-refractivity contribution in [3.8, 4) is 0 Å². The highest BCUT2D eigenvalue weighted by atomic mass is 15.2. The van der Waals surface area contributed by atoms with Crippen LogP contribution in [0.25, 0.3) is 0 Å². The Balaban J connectivity index is 1.63. The number of piperidine rings is 1. The Kier molecular flexibility index (Phi) is 4.97. The highest BCUT2D eigenvalue weighted by Gasteiger charge is 2.33. The minimum absolute atomic E-state index is 0.164. The smallest absolute Gasteiger partial charge is 0.0424 e. The summed E-state index contributed by atoms with van der Waals surface area (Å²) >= 11 is 0. The van der Waals surface area contributed by atoms with Gasteiger partial charge in [0.25, 0.3) is 0 Å². The lowest BCUT2D eigenvalue weighted by molar-refractivity contribution is 0.0561. The highest BCUT2D eigenvalue weighted by molar-refractivity contribution is 5.25. The molecule has 3 unspecified atom stereocenters. The van der Waals surface area contributed by atoms with E-state index in [1.54, 1.807) is 0 Å². The summed E-state index contributed by atoms with van der Waals surface area (Å²) in [6.07, 6.45) is 9.61. The molecular weight excluding hydrogens is 256 g/mol. The van der Waals surface area contributed by atoms with E-state index in [2.05, 4.69) is 36.1 Å². The number of likely N-dealkylation sites (tertiary alicyclic amines) is 1. The molecule has 3 atom stereocenters. The molecule has 2 heteroatoms. The molecule has 0 radical (unpaired) electrons. The van der Waals surface area contributed by atoms with Crippen molar-refractivity contribution >= 4 is 0 Å². The fraction of sp³-hybridized carbons (Fsp3) is 0.684. The van der Waals surface area contributed by atoms with Crippen LogP contribution >= 0.6 is 0 Å². The maximum Gasteiger partial charge on any atom is 0.0424 e. The van der Waals surface area contributed by atoms with Crippen LogP contribution in [-0.2, 0) is 6.42 Å². The number of fused-ring (bicyclic) bond motifs is 1. The van der Waals surface area contributed by atoms with Gasteiger partial charge in [-0.05, 0) is 55.7 Å². The lowest BCUT2D eigenvalue weighted by Gasteiger charge is -2.45. The molecule has 2 fully saturated rings.